The average molecular weight is 354 g/mol. The third-order valence-electron chi connectivity index (χ3n) is 4.36. The Kier molecular flexibility index (Phi) is 8.74. The van der Waals surface area contributed by atoms with Crippen LogP contribution in [0.1, 0.15) is 51.9 Å². The molecule has 3 heteroatoms. The fraction of sp³-hybridized carbons (Fsp3) is 0.435. The standard InChI is InChI=1S/C23H30O3/c1-19(2)23(24)26-17-11-7-5-3-4-6-10-16-25-22-15-14-20-12-8-9-13-21(20)18-22/h8-9,12-15,18H,1,3-7,10-11,16-17H2,2H3. The summed E-state index contributed by atoms with van der Waals surface area (Å²) in [6.45, 7) is 6.52. The number of unbranched alkanes of at least 4 members (excludes halogenated alkanes) is 6. The molecule has 0 aliphatic carbocycles. The van der Waals surface area contributed by atoms with Crippen molar-refractivity contribution in [3.63, 3.8) is 0 Å². The number of ether oxygens (including phenoxy) is 2. The number of hydrogen-bond acceptors (Lipinski definition) is 3. The summed E-state index contributed by atoms with van der Waals surface area (Å²) in [5.41, 5.74) is 0.468. The lowest BCUT2D eigenvalue weighted by Crippen LogP contribution is -2.05. The minimum atomic E-state index is -0.281. The van der Waals surface area contributed by atoms with Gasteiger partial charge in [0.25, 0.3) is 0 Å². The summed E-state index contributed by atoms with van der Waals surface area (Å²) in [5.74, 6) is 0.671. The molecule has 26 heavy (non-hydrogen) atoms. The van der Waals surface area contributed by atoms with Crippen molar-refractivity contribution in [2.24, 2.45) is 0 Å². The van der Waals surface area contributed by atoms with E-state index in [2.05, 4.69) is 43.0 Å². The van der Waals surface area contributed by atoms with Gasteiger partial charge >= 0.3 is 5.97 Å². The van der Waals surface area contributed by atoms with E-state index in [1.807, 2.05) is 6.07 Å². The van der Waals surface area contributed by atoms with Crippen LogP contribution in [0.3, 0.4) is 0 Å². The molecule has 0 spiro atoms. The summed E-state index contributed by atoms with van der Waals surface area (Å²) < 4.78 is 10.9. The van der Waals surface area contributed by atoms with Crippen molar-refractivity contribution < 1.29 is 14.3 Å². The molecule has 0 saturated carbocycles. The SMILES string of the molecule is C=C(C)C(=O)OCCCCCCCCCOc1ccc2ccccc2c1. The summed E-state index contributed by atoms with van der Waals surface area (Å²) >= 11 is 0. The van der Waals surface area contributed by atoms with Gasteiger partial charge in [-0.05, 0) is 42.7 Å². The maximum Gasteiger partial charge on any atom is 0.333 e. The molecule has 0 aliphatic heterocycles. The number of carbonyl (C=O) groups excluding carboxylic acids is 1. The van der Waals surface area contributed by atoms with Gasteiger partial charge in [0.1, 0.15) is 5.75 Å². The maximum atomic E-state index is 11.2. The molecule has 0 N–H and O–H groups in total. The second-order valence-electron chi connectivity index (χ2n) is 6.75. The fourth-order valence-electron chi connectivity index (χ4n) is 2.82. The first kappa shape index (κ1) is 20.0. The van der Waals surface area contributed by atoms with Crippen molar-refractivity contribution in [2.45, 2.75) is 51.9 Å². The van der Waals surface area contributed by atoms with Gasteiger partial charge in [-0.2, -0.15) is 0 Å². The van der Waals surface area contributed by atoms with Crippen molar-refractivity contribution in [3.8, 4) is 5.75 Å². The largest absolute Gasteiger partial charge is 0.494 e. The minimum Gasteiger partial charge on any atom is -0.494 e. The molecule has 0 aromatic heterocycles. The molecule has 2 aromatic rings. The van der Waals surface area contributed by atoms with Gasteiger partial charge in [0.15, 0.2) is 0 Å². The molecule has 2 rings (SSSR count). The molecule has 0 amide bonds. The molecule has 0 unspecified atom stereocenters. The predicted octanol–water partition coefficient (Wildman–Crippen LogP) is 6.07. The van der Waals surface area contributed by atoms with Crippen molar-refractivity contribution in [2.75, 3.05) is 13.2 Å². The second-order valence-corrected chi connectivity index (χ2v) is 6.75. The highest BCUT2D eigenvalue weighted by Gasteiger charge is 2.02. The summed E-state index contributed by atoms with van der Waals surface area (Å²) in [6, 6.07) is 14.6. The summed E-state index contributed by atoms with van der Waals surface area (Å²) in [7, 11) is 0. The lowest BCUT2D eigenvalue weighted by atomic mass is 10.1. The predicted molar refractivity (Wildman–Crippen MR) is 108 cm³/mol. The van der Waals surface area contributed by atoms with E-state index in [0.717, 1.165) is 31.6 Å². The van der Waals surface area contributed by atoms with Crippen molar-refractivity contribution >= 4 is 16.7 Å². The number of carbonyl (C=O) groups is 1. The smallest absolute Gasteiger partial charge is 0.333 e. The molecule has 140 valence electrons. The van der Waals surface area contributed by atoms with Gasteiger partial charge in [0, 0.05) is 5.57 Å². The first-order valence-corrected chi connectivity index (χ1v) is 9.61. The van der Waals surface area contributed by atoms with Crippen molar-refractivity contribution in [3.05, 3.63) is 54.6 Å². The normalized spacial score (nSPS) is 10.7. The van der Waals surface area contributed by atoms with Crippen molar-refractivity contribution in [1.29, 1.82) is 0 Å². The van der Waals surface area contributed by atoms with Gasteiger partial charge < -0.3 is 9.47 Å². The Labute approximate surface area is 157 Å². The van der Waals surface area contributed by atoms with Crippen LogP contribution < -0.4 is 4.74 Å². The summed E-state index contributed by atoms with van der Waals surface area (Å²) in [4.78, 5) is 11.2. The van der Waals surface area contributed by atoms with E-state index < -0.39 is 0 Å². The Bertz CT molecular complexity index is 705. The van der Waals surface area contributed by atoms with Crippen LogP contribution in [-0.4, -0.2) is 19.2 Å². The van der Waals surface area contributed by atoms with Crippen LogP contribution in [-0.2, 0) is 9.53 Å². The first-order chi connectivity index (χ1) is 12.7. The highest BCUT2D eigenvalue weighted by Crippen LogP contribution is 2.20. The molecule has 0 atom stereocenters. The van der Waals surface area contributed by atoms with E-state index in [1.165, 1.54) is 36.5 Å². The Morgan fingerprint density at radius 3 is 2.15 bits per heavy atom. The summed E-state index contributed by atoms with van der Waals surface area (Å²) in [5, 5.41) is 2.47. The number of esters is 1. The van der Waals surface area contributed by atoms with E-state index in [1.54, 1.807) is 6.92 Å². The van der Waals surface area contributed by atoms with Crippen LogP contribution in [0.15, 0.2) is 54.6 Å². The molecule has 0 radical (unpaired) electrons. The minimum absolute atomic E-state index is 0.281. The fourth-order valence-corrected chi connectivity index (χ4v) is 2.82. The van der Waals surface area contributed by atoms with Crippen LogP contribution in [0.2, 0.25) is 0 Å². The lowest BCUT2D eigenvalue weighted by Gasteiger charge is -2.07. The van der Waals surface area contributed by atoms with E-state index >= 15 is 0 Å². The Hall–Kier alpha value is -2.29. The van der Waals surface area contributed by atoms with Gasteiger partial charge in [-0.3, -0.25) is 0 Å². The van der Waals surface area contributed by atoms with Gasteiger partial charge in [-0.25, -0.2) is 4.79 Å². The van der Waals surface area contributed by atoms with Gasteiger partial charge in [0.2, 0.25) is 0 Å². The molecule has 0 heterocycles. The quantitative estimate of drug-likeness (QED) is 0.264. The Morgan fingerprint density at radius 1 is 0.846 bits per heavy atom. The third-order valence-corrected chi connectivity index (χ3v) is 4.36. The van der Waals surface area contributed by atoms with Crippen LogP contribution in [0.4, 0.5) is 0 Å². The number of benzene rings is 2. The van der Waals surface area contributed by atoms with E-state index in [4.69, 9.17) is 9.47 Å². The highest BCUT2D eigenvalue weighted by atomic mass is 16.5. The zero-order chi connectivity index (χ0) is 18.6. The van der Waals surface area contributed by atoms with Crippen molar-refractivity contribution in [1.82, 2.24) is 0 Å². The first-order valence-electron chi connectivity index (χ1n) is 9.61. The van der Waals surface area contributed by atoms with Gasteiger partial charge in [-0.1, -0.05) is 69.0 Å². The summed E-state index contributed by atoms with van der Waals surface area (Å²) in [6.07, 6.45) is 7.97. The molecule has 3 nitrogen and oxygen atoms in total. The Morgan fingerprint density at radius 2 is 1.46 bits per heavy atom. The van der Waals surface area contributed by atoms with E-state index in [-0.39, 0.29) is 5.97 Å². The second kappa shape index (κ2) is 11.3. The zero-order valence-corrected chi connectivity index (χ0v) is 15.8. The number of hydrogen-bond donors (Lipinski definition) is 0. The van der Waals surface area contributed by atoms with Gasteiger partial charge in [-0.15, -0.1) is 0 Å². The lowest BCUT2D eigenvalue weighted by molar-refractivity contribution is -0.139. The van der Waals surface area contributed by atoms with E-state index in [0.29, 0.717) is 12.2 Å². The highest BCUT2D eigenvalue weighted by molar-refractivity contribution is 5.86. The molecule has 0 saturated heterocycles. The molecule has 0 fully saturated rings. The number of fused-ring (bicyclic) bond motifs is 1. The van der Waals surface area contributed by atoms with Crippen LogP contribution >= 0.6 is 0 Å². The molecular weight excluding hydrogens is 324 g/mol. The number of rotatable bonds is 12. The van der Waals surface area contributed by atoms with Crippen LogP contribution in [0.25, 0.3) is 10.8 Å². The molecule has 2 aromatic carbocycles. The third kappa shape index (κ3) is 7.30. The zero-order valence-electron chi connectivity index (χ0n) is 15.8. The molecule has 0 aliphatic rings. The van der Waals surface area contributed by atoms with E-state index in [9.17, 15) is 4.79 Å². The van der Waals surface area contributed by atoms with Crippen LogP contribution in [0, 0.1) is 0 Å². The average Bonchev–Trinajstić information content (AvgIpc) is 2.65. The maximum absolute atomic E-state index is 11.2. The van der Waals surface area contributed by atoms with Crippen LogP contribution in [0.5, 0.6) is 5.75 Å². The molecule has 0 bridgehead atoms. The van der Waals surface area contributed by atoms with Gasteiger partial charge in [0.05, 0.1) is 13.2 Å². The monoisotopic (exact) mass is 354 g/mol. The molecular formula is C23H30O3. The Balaban J connectivity index is 1.45. The topological polar surface area (TPSA) is 35.5 Å².